The molecule has 1 aliphatic heterocycles. The van der Waals surface area contributed by atoms with Gasteiger partial charge in [-0.15, -0.1) is 0 Å². The highest BCUT2D eigenvalue weighted by Gasteiger charge is 2.23. The molecule has 118 valence electrons. The van der Waals surface area contributed by atoms with Crippen LogP contribution in [0.2, 0.25) is 0 Å². The van der Waals surface area contributed by atoms with E-state index in [1.54, 1.807) is 0 Å². The largest absolute Gasteiger partial charge is 0.486 e. The van der Waals surface area contributed by atoms with Crippen LogP contribution in [-0.4, -0.2) is 42.5 Å². The van der Waals surface area contributed by atoms with Crippen molar-refractivity contribution in [2.45, 2.75) is 25.9 Å². The smallest absolute Gasteiger partial charge is 0.171 e. The number of fused-ring (bicyclic) bond motifs is 3. The second-order valence-electron chi connectivity index (χ2n) is 5.60. The monoisotopic (exact) mass is 302 g/mol. The lowest BCUT2D eigenvalue weighted by molar-refractivity contribution is 0.0924. The first-order valence-corrected chi connectivity index (χ1v) is 7.79. The molecule has 1 aliphatic rings. The van der Waals surface area contributed by atoms with Gasteiger partial charge in [0.2, 0.25) is 0 Å². The number of nitrogens with zero attached hydrogens (tertiary/aromatic N) is 1. The van der Waals surface area contributed by atoms with Gasteiger partial charge in [0.15, 0.2) is 11.5 Å². The van der Waals surface area contributed by atoms with Crippen molar-refractivity contribution in [3.05, 3.63) is 30.0 Å². The van der Waals surface area contributed by atoms with Gasteiger partial charge in [0.1, 0.15) is 12.7 Å². The van der Waals surface area contributed by atoms with Crippen molar-refractivity contribution in [2.24, 2.45) is 0 Å². The van der Waals surface area contributed by atoms with Crippen molar-refractivity contribution < 1.29 is 14.6 Å². The number of aryl methyl sites for hydroxylation is 1. The van der Waals surface area contributed by atoms with Crippen molar-refractivity contribution in [1.29, 1.82) is 0 Å². The second kappa shape index (κ2) is 6.94. The molecular formula is C17H22N2O3. The molecule has 2 aromatic rings. The quantitative estimate of drug-likeness (QED) is 0.800. The molecule has 5 heteroatoms. The number of rotatable bonds is 6. The number of aliphatic hydroxyl groups is 1. The summed E-state index contributed by atoms with van der Waals surface area (Å²) in [5.74, 6) is 1.58. The minimum Gasteiger partial charge on any atom is -0.486 e. The van der Waals surface area contributed by atoms with Crippen LogP contribution in [0.5, 0.6) is 11.5 Å². The van der Waals surface area contributed by atoms with Crippen molar-refractivity contribution in [3.8, 4) is 11.5 Å². The number of benzene rings is 1. The molecule has 5 nitrogen and oxygen atoms in total. The SMILES string of the molecule is Cc1ccc2c3c(ccc2n1)OC[C@H](CNCCCCO)O3. The van der Waals surface area contributed by atoms with Gasteiger partial charge in [0.05, 0.1) is 5.52 Å². The van der Waals surface area contributed by atoms with E-state index in [9.17, 15) is 0 Å². The average molecular weight is 302 g/mol. The van der Waals surface area contributed by atoms with E-state index in [0.29, 0.717) is 6.61 Å². The molecule has 0 spiro atoms. The summed E-state index contributed by atoms with van der Waals surface area (Å²) in [6.45, 7) is 4.39. The maximum Gasteiger partial charge on any atom is 0.171 e. The van der Waals surface area contributed by atoms with Crippen LogP contribution in [0.4, 0.5) is 0 Å². The molecule has 1 atom stereocenters. The van der Waals surface area contributed by atoms with Gasteiger partial charge in [-0.25, -0.2) is 0 Å². The van der Waals surface area contributed by atoms with Gasteiger partial charge < -0.3 is 19.9 Å². The Labute approximate surface area is 130 Å². The number of hydrogen-bond acceptors (Lipinski definition) is 5. The van der Waals surface area contributed by atoms with Gasteiger partial charge >= 0.3 is 0 Å². The standard InChI is InChI=1S/C17H22N2O3/c1-12-4-5-14-15(19-12)6-7-16-17(14)22-13(11-21-16)10-18-8-2-3-9-20/h4-7,13,18,20H,2-3,8-11H2,1H3/t13-/m0/s1. The Kier molecular flexibility index (Phi) is 4.75. The Morgan fingerprint density at radius 1 is 1.27 bits per heavy atom. The third-order valence-electron chi connectivity index (χ3n) is 3.77. The summed E-state index contributed by atoms with van der Waals surface area (Å²) in [4.78, 5) is 4.53. The maximum atomic E-state index is 8.77. The lowest BCUT2D eigenvalue weighted by Crippen LogP contribution is -2.38. The topological polar surface area (TPSA) is 63.6 Å². The van der Waals surface area contributed by atoms with E-state index in [1.165, 1.54) is 0 Å². The number of unbranched alkanes of at least 4 members (excludes halogenated alkanes) is 1. The molecule has 2 N–H and O–H groups in total. The summed E-state index contributed by atoms with van der Waals surface area (Å²) in [7, 11) is 0. The van der Waals surface area contributed by atoms with Crippen molar-refractivity contribution in [3.63, 3.8) is 0 Å². The molecule has 0 saturated heterocycles. The van der Waals surface area contributed by atoms with Crippen LogP contribution in [0.15, 0.2) is 24.3 Å². The molecule has 3 rings (SSSR count). The van der Waals surface area contributed by atoms with E-state index < -0.39 is 0 Å². The number of aromatic nitrogens is 1. The van der Waals surface area contributed by atoms with E-state index in [-0.39, 0.29) is 12.7 Å². The first-order valence-electron chi connectivity index (χ1n) is 7.79. The Morgan fingerprint density at radius 3 is 3.05 bits per heavy atom. The summed E-state index contributed by atoms with van der Waals surface area (Å²) in [5.41, 5.74) is 1.92. The third kappa shape index (κ3) is 3.31. The van der Waals surface area contributed by atoms with Gasteiger partial charge in [-0.3, -0.25) is 4.98 Å². The summed E-state index contributed by atoms with van der Waals surface area (Å²) < 4.78 is 11.9. The molecule has 0 bridgehead atoms. The molecule has 0 saturated carbocycles. The van der Waals surface area contributed by atoms with Crippen LogP contribution in [-0.2, 0) is 0 Å². The number of nitrogens with one attached hydrogen (secondary N) is 1. The normalized spacial score (nSPS) is 16.9. The fourth-order valence-corrected chi connectivity index (χ4v) is 2.60. The lowest BCUT2D eigenvalue weighted by Gasteiger charge is -2.27. The molecule has 22 heavy (non-hydrogen) atoms. The Balaban J connectivity index is 1.69. The van der Waals surface area contributed by atoms with Gasteiger partial charge in [-0.05, 0) is 50.6 Å². The minimum absolute atomic E-state index is 0.00599. The number of ether oxygens (including phenoxy) is 2. The van der Waals surface area contributed by atoms with Gasteiger partial charge in [-0.1, -0.05) is 0 Å². The Hall–Kier alpha value is -1.85. The molecule has 0 aliphatic carbocycles. The summed E-state index contributed by atoms with van der Waals surface area (Å²) in [6, 6.07) is 7.92. The zero-order valence-electron chi connectivity index (χ0n) is 12.8. The zero-order valence-corrected chi connectivity index (χ0v) is 12.8. The first-order chi connectivity index (χ1) is 10.8. The summed E-state index contributed by atoms with van der Waals surface area (Å²) >= 11 is 0. The van der Waals surface area contributed by atoms with Crippen LogP contribution in [0.3, 0.4) is 0 Å². The lowest BCUT2D eigenvalue weighted by atomic mass is 10.1. The van der Waals surface area contributed by atoms with Crippen LogP contribution >= 0.6 is 0 Å². The van der Waals surface area contributed by atoms with Crippen LogP contribution in [0.1, 0.15) is 18.5 Å². The molecule has 0 amide bonds. The number of pyridine rings is 1. The molecule has 0 fully saturated rings. The predicted molar refractivity (Wildman–Crippen MR) is 85.6 cm³/mol. The average Bonchev–Trinajstić information content (AvgIpc) is 2.54. The highest BCUT2D eigenvalue weighted by atomic mass is 16.6. The van der Waals surface area contributed by atoms with Gasteiger partial charge in [-0.2, -0.15) is 0 Å². The second-order valence-corrected chi connectivity index (χ2v) is 5.60. The van der Waals surface area contributed by atoms with E-state index in [2.05, 4.69) is 10.3 Å². The van der Waals surface area contributed by atoms with E-state index in [1.807, 2.05) is 31.2 Å². The summed E-state index contributed by atoms with van der Waals surface area (Å²) in [5, 5.41) is 13.1. The van der Waals surface area contributed by atoms with E-state index in [0.717, 1.165) is 54.0 Å². The highest BCUT2D eigenvalue weighted by Crippen LogP contribution is 2.38. The van der Waals surface area contributed by atoms with E-state index in [4.69, 9.17) is 14.6 Å². The van der Waals surface area contributed by atoms with Crippen molar-refractivity contribution >= 4 is 10.9 Å². The molecule has 1 aromatic carbocycles. The van der Waals surface area contributed by atoms with Gasteiger partial charge in [0, 0.05) is 24.2 Å². The fraction of sp³-hybridized carbons (Fsp3) is 0.471. The Morgan fingerprint density at radius 2 is 2.18 bits per heavy atom. The molecular weight excluding hydrogens is 280 g/mol. The number of aliphatic hydroxyl groups excluding tert-OH is 1. The Bertz CT molecular complexity index is 645. The van der Waals surface area contributed by atoms with Crippen LogP contribution in [0, 0.1) is 6.92 Å². The molecule has 2 heterocycles. The first kappa shape index (κ1) is 15.1. The van der Waals surface area contributed by atoms with Crippen LogP contribution < -0.4 is 14.8 Å². The molecule has 1 aromatic heterocycles. The maximum absolute atomic E-state index is 8.77. The third-order valence-corrected chi connectivity index (χ3v) is 3.77. The van der Waals surface area contributed by atoms with Gasteiger partial charge in [0.25, 0.3) is 0 Å². The molecule has 0 radical (unpaired) electrons. The minimum atomic E-state index is -0.00599. The van der Waals surface area contributed by atoms with Crippen molar-refractivity contribution in [2.75, 3.05) is 26.3 Å². The fourth-order valence-electron chi connectivity index (χ4n) is 2.60. The van der Waals surface area contributed by atoms with Crippen molar-refractivity contribution in [1.82, 2.24) is 10.3 Å². The van der Waals surface area contributed by atoms with Crippen LogP contribution in [0.25, 0.3) is 10.9 Å². The summed E-state index contributed by atoms with van der Waals surface area (Å²) in [6.07, 6.45) is 1.79. The number of hydrogen-bond donors (Lipinski definition) is 2. The zero-order chi connectivity index (χ0) is 15.4. The highest BCUT2D eigenvalue weighted by molar-refractivity contribution is 5.88. The van der Waals surface area contributed by atoms with E-state index >= 15 is 0 Å². The molecule has 0 unspecified atom stereocenters. The predicted octanol–water partition coefficient (Wildman–Crippen LogP) is 2.05.